The summed E-state index contributed by atoms with van der Waals surface area (Å²) >= 11 is 5.83. The molecule has 0 saturated heterocycles. The molecule has 0 amide bonds. The van der Waals surface area contributed by atoms with Crippen LogP contribution in [0, 0.1) is 0 Å². The largest absolute Gasteiger partial charge is 0.306 e. The highest BCUT2D eigenvalue weighted by Gasteiger charge is 2.02. The number of benzene rings is 2. The average Bonchev–Trinajstić information content (AvgIpc) is 3.09. The van der Waals surface area contributed by atoms with Crippen molar-refractivity contribution in [3.63, 3.8) is 0 Å². The molecule has 0 aliphatic carbocycles. The van der Waals surface area contributed by atoms with Crippen LogP contribution in [0.1, 0.15) is 15.9 Å². The summed E-state index contributed by atoms with van der Waals surface area (Å²) in [6.45, 7) is 0. The summed E-state index contributed by atoms with van der Waals surface area (Å²) in [4.78, 5) is 16.2. The number of ketones is 1. The molecule has 1 aromatic heterocycles. The predicted molar refractivity (Wildman–Crippen MR) is 88.4 cm³/mol. The Morgan fingerprint density at radius 3 is 2.41 bits per heavy atom. The molecule has 0 unspecified atom stereocenters. The number of hydrogen-bond acceptors (Lipinski definition) is 2. The Hall–Kier alpha value is -2.65. The molecule has 1 heterocycles. The predicted octanol–water partition coefficient (Wildman–Crippen LogP) is 4.42. The number of imidazole rings is 1. The van der Waals surface area contributed by atoms with Crippen molar-refractivity contribution in [1.82, 2.24) is 9.55 Å². The molecule has 4 heteroatoms. The summed E-state index contributed by atoms with van der Waals surface area (Å²) in [6.07, 6.45) is 8.64. The van der Waals surface area contributed by atoms with Gasteiger partial charge >= 0.3 is 0 Å². The molecule has 0 spiro atoms. The Morgan fingerprint density at radius 1 is 1.05 bits per heavy atom. The van der Waals surface area contributed by atoms with Gasteiger partial charge in [-0.25, -0.2) is 4.98 Å². The van der Waals surface area contributed by atoms with Crippen LogP contribution in [-0.2, 0) is 0 Å². The minimum absolute atomic E-state index is 0.0351. The molecular weight excluding hydrogens is 296 g/mol. The van der Waals surface area contributed by atoms with Crippen LogP contribution in [0.2, 0.25) is 5.02 Å². The SMILES string of the molecule is O=C(C=Cc1ccc(Cl)cc1)c1ccc(-n2ccnc2)cc1. The lowest BCUT2D eigenvalue weighted by atomic mass is 10.1. The van der Waals surface area contributed by atoms with Gasteiger partial charge in [-0.3, -0.25) is 4.79 Å². The van der Waals surface area contributed by atoms with Gasteiger partial charge in [-0.2, -0.15) is 0 Å². The second-order valence-electron chi connectivity index (χ2n) is 4.77. The first-order valence-electron chi connectivity index (χ1n) is 6.79. The number of aromatic nitrogens is 2. The zero-order valence-corrected chi connectivity index (χ0v) is 12.4. The first-order chi connectivity index (χ1) is 10.7. The summed E-state index contributed by atoms with van der Waals surface area (Å²) in [7, 11) is 0. The van der Waals surface area contributed by atoms with Crippen LogP contribution in [-0.4, -0.2) is 15.3 Å². The van der Waals surface area contributed by atoms with Crippen LogP contribution in [0.5, 0.6) is 0 Å². The number of allylic oxidation sites excluding steroid dienone is 1. The molecule has 0 saturated carbocycles. The van der Waals surface area contributed by atoms with Gasteiger partial charge in [-0.1, -0.05) is 29.8 Å². The van der Waals surface area contributed by atoms with Gasteiger partial charge in [0.05, 0.1) is 6.33 Å². The summed E-state index contributed by atoms with van der Waals surface area (Å²) in [5.41, 5.74) is 2.55. The van der Waals surface area contributed by atoms with E-state index in [0.717, 1.165) is 11.3 Å². The van der Waals surface area contributed by atoms with Crippen LogP contribution in [0.15, 0.2) is 73.3 Å². The fourth-order valence-electron chi connectivity index (χ4n) is 2.05. The quantitative estimate of drug-likeness (QED) is 0.528. The van der Waals surface area contributed by atoms with Gasteiger partial charge in [0, 0.05) is 28.7 Å². The lowest BCUT2D eigenvalue weighted by Gasteiger charge is -2.02. The fourth-order valence-corrected chi connectivity index (χ4v) is 2.18. The van der Waals surface area contributed by atoms with Crippen molar-refractivity contribution >= 4 is 23.5 Å². The van der Waals surface area contributed by atoms with E-state index in [9.17, 15) is 4.79 Å². The molecule has 0 fully saturated rings. The third-order valence-corrected chi connectivity index (χ3v) is 3.50. The number of nitrogens with zero attached hydrogens (tertiary/aromatic N) is 2. The van der Waals surface area contributed by atoms with Crippen LogP contribution < -0.4 is 0 Å². The zero-order valence-electron chi connectivity index (χ0n) is 11.7. The second kappa shape index (κ2) is 6.41. The highest BCUT2D eigenvalue weighted by atomic mass is 35.5. The maximum Gasteiger partial charge on any atom is 0.185 e. The summed E-state index contributed by atoms with van der Waals surface area (Å²) in [5, 5.41) is 0.679. The van der Waals surface area contributed by atoms with Crippen molar-refractivity contribution < 1.29 is 4.79 Å². The molecule has 0 atom stereocenters. The van der Waals surface area contributed by atoms with E-state index in [1.165, 1.54) is 0 Å². The highest BCUT2D eigenvalue weighted by Crippen LogP contribution is 2.13. The van der Waals surface area contributed by atoms with Crippen molar-refractivity contribution in [2.75, 3.05) is 0 Å². The second-order valence-corrected chi connectivity index (χ2v) is 5.20. The van der Waals surface area contributed by atoms with Gasteiger partial charge in [0.1, 0.15) is 0 Å². The molecule has 22 heavy (non-hydrogen) atoms. The molecule has 108 valence electrons. The molecule has 0 aliphatic heterocycles. The minimum atomic E-state index is -0.0351. The van der Waals surface area contributed by atoms with Gasteiger partial charge in [-0.15, -0.1) is 0 Å². The van der Waals surface area contributed by atoms with E-state index in [-0.39, 0.29) is 5.78 Å². The Kier molecular flexibility index (Phi) is 4.17. The van der Waals surface area contributed by atoms with Crippen LogP contribution in [0.4, 0.5) is 0 Å². The summed E-state index contributed by atoms with van der Waals surface area (Å²) < 4.78 is 1.89. The molecule has 2 aromatic carbocycles. The van der Waals surface area contributed by atoms with Gasteiger partial charge < -0.3 is 4.57 Å². The molecular formula is C18H13ClN2O. The lowest BCUT2D eigenvalue weighted by Crippen LogP contribution is -1.96. The Bertz CT molecular complexity index is 788. The molecule has 0 bridgehead atoms. The first-order valence-corrected chi connectivity index (χ1v) is 7.16. The van der Waals surface area contributed by atoms with Crippen molar-refractivity contribution in [2.24, 2.45) is 0 Å². The van der Waals surface area contributed by atoms with Crippen LogP contribution in [0.25, 0.3) is 11.8 Å². The minimum Gasteiger partial charge on any atom is -0.306 e. The fraction of sp³-hybridized carbons (Fsp3) is 0. The summed E-state index contributed by atoms with van der Waals surface area (Å²) in [6, 6.07) is 14.7. The molecule has 0 N–H and O–H groups in total. The number of rotatable bonds is 4. The third kappa shape index (κ3) is 3.32. The van der Waals surface area contributed by atoms with E-state index in [1.807, 2.05) is 47.2 Å². The third-order valence-electron chi connectivity index (χ3n) is 3.25. The normalized spacial score (nSPS) is 11.0. The van der Waals surface area contributed by atoms with Crippen molar-refractivity contribution in [3.05, 3.63) is 89.5 Å². The first kappa shape index (κ1) is 14.3. The molecule has 3 aromatic rings. The zero-order chi connectivity index (χ0) is 15.4. The van der Waals surface area contributed by atoms with E-state index < -0.39 is 0 Å². The number of hydrogen-bond donors (Lipinski definition) is 0. The monoisotopic (exact) mass is 308 g/mol. The van der Waals surface area contributed by atoms with Crippen LogP contribution >= 0.6 is 11.6 Å². The highest BCUT2D eigenvalue weighted by molar-refractivity contribution is 6.30. The van der Waals surface area contributed by atoms with Gasteiger partial charge in [0.25, 0.3) is 0 Å². The van der Waals surface area contributed by atoms with Crippen LogP contribution in [0.3, 0.4) is 0 Å². The number of carbonyl (C=O) groups excluding carboxylic acids is 1. The van der Waals surface area contributed by atoms with Gasteiger partial charge in [0.15, 0.2) is 5.78 Å². The van der Waals surface area contributed by atoms with Crippen molar-refractivity contribution in [2.45, 2.75) is 0 Å². The van der Waals surface area contributed by atoms with E-state index in [2.05, 4.69) is 4.98 Å². The number of halogens is 1. The maximum absolute atomic E-state index is 12.2. The van der Waals surface area contributed by atoms with E-state index in [1.54, 1.807) is 36.8 Å². The van der Waals surface area contributed by atoms with Crippen molar-refractivity contribution in [3.8, 4) is 5.69 Å². The summed E-state index contributed by atoms with van der Waals surface area (Å²) in [5.74, 6) is -0.0351. The standard InChI is InChI=1S/C18H13ClN2O/c19-16-6-1-14(2-7-16)3-10-18(22)15-4-8-17(9-5-15)21-12-11-20-13-21/h1-13H. The number of carbonyl (C=O) groups is 1. The van der Waals surface area contributed by atoms with E-state index in [0.29, 0.717) is 10.6 Å². The average molecular weight is 309 g/mol. The smallest absolute Gasteiger partial charge is 0.185 e. The van der Waals surface area contributed by atoms with E-state index >= 15 is 0 Å². The van der Waals surface area contributed by atoms with Gasteiger partial charge in [0.2, 0.25) is 0 Å². The molecule has 0 aliphatic rings. The topological polar surface area (TPSA) is 34.9 Å². The molecule has 3 rings (SSSR count). The Balaban J connectivity index is 1.73. The van der Waals surface area contributed by atoms with Gasteiger partial charge in [-0.05, 0) is 48.0 Å². The Morgan fingerprint density at radius 2 is 1.77 bits per heavy atom. The molecule has 0 radical (unpaired) electrons. The maximum atomic E-state index is 12.2. The van der Waals surface area contributed by atoms with E-state index in [4.69, 9.17) is 11.6 Å². The molecule has 3 nitrogen and oxygen atoms in total. The lowest BCUT2D eigenvalue weighted by molar-refractivity contribution is 0.104. The van der Waals surface area contributed by atoms with Crippen molar-refractivity contribution in [1.29, 1.82) is 0 Å². The Labute approximate surface area is 133 Å².